The molecular formula is C21H23FN2O2. The number of likely N-dealkylation sites (tertiary alicyclic amines) is 1. The van der Waals surface area contributed by atoms with Gasteiger partial charge in [0.05, 0.1) is 6.04 Å². The quantitative estimate of drug-likeness (QED) is 0.885. The summed E-state index contributed by atoms with van der Waals surface area (Å²) in [4.78, 5) is 13.5. The van der Waals surface area contributed by atoms with Gasteiger partial charge in [-0.2, -0.15) is 0 Å². The Balaban J connectivity index is 1.43. The van der Waals surface area contributed by atoms with Crippen molar-refractivity contribution in [3.63, 3.8) is 0 Å². The van der Waals surface area contributed by atoms with Crippen molar-refractivity contribution in [3.05, 3.63) is 59.4 Å². The Kier molecular flexibility index (Phi) is 4.89. The standard InChI is InChI=1S/C21H23FN2O2/c22-19-13-18(8-5-16(19)9-12-24-10-1-2-11-24)15-3-6-17(7-4-15)20-14-26-21(25)23-20/h3-8,13,20H,1-2,9-12,14H2,(H,23,25). The summed E-state index contributed by atoms with van der Waals surface area (Å²) >= 11 is 0. The first kappa shape index (κ1) is 17.0. The van der Waals surface area contributed by atoms with Gasteiger partial charge in [-0.25, -0.2) is 9.18 Å². The molecular weight excluding hydrogens is 331 g/mol. The molecule has 1 atom stereocenters. The number of hydrogen-bond acceptors (Lipinski definition) is 3. The van der Waals surface area contributed by atoms with Crippen molar-refractivity contribution in [2.24, 2.45) is 0 Å². The molecule has 2 aromatic rings. The Morgan fingerprint density at radius 1 is 1.08 bits per heavy atom. The summed E-state index contributed by atoms with van der Waals surface area (Å²) in [5.74, 6) is -0.137. The first-order chi connectivity index (χ1) is 12.7. The van der Waals surface area contributed by atoms with E-state index >= 15 is 0 Å². The minimum atomic E-state index is -0.384. The van der Waals surface area contributed by atoms with Crippen molar-refractivity contribution in [3.8, 4) is 11.1 Å². The smallest absolute Gasteiger partial charge is 0.407 e. The molecule has 26 heavy (non-hydrogen) atoms. The van der Waals surface area contributed by atoms with Gasteiger partial charge in [0.25, 0.3) is 0 Å². The molecule has 2 aliphatic heterocycles. The number of rotatable bonds is 5. The van der Waals surface area contributed by atoms with Gasteiger partial charge >= 0.3 is 6.09 Å². The highest BCUT2D eigenvalue weighted by molar-refractivity contribution is 5.70. The van der Waals surface area contributed by atoms with E-state index in [1.165, 1.54) is 12.8 Å². The van der Waals surface area contributed by atoms with Crippen molar-refractivity contribution in [1.29, 1.82) is 0 Å². The number of amides is 1. The van der Waals surface area contributed by atoms with E-state index in [1.807, 2.05) is 36.4 Å². The maximum Gasteiger partial charge on any atom is 0.407 e. The Morgan fingerprint density at radius 2 is 1.81 bits per heavy atom. The van der Waals surface area contributed by atoms with E-state index in [0.29, 0.717) is 6.61 Å². The van der Waals surface area contributed by atoms with Crippen LogP contribution in [0.5, 0.6) is 0 Å². The fraction of sp³-hybridized carbons (Fsp3) is 0.381. The summed E-state index contributed by atoms with van der Waals surface area (Å²) in [5, 5.41) is 2.76. The minimum absolute atomic E-state index is 0.110. The second-order valence-corrected chi connectivity index (χ2v) is 7.02. The predicted octanol–water partition coefficient (Wildman–Crippen LogP) is 3.91. The van der Waals surface area contributed by atoms with Crippen LogP contribution in [0.25, 0.3) is 11.1 Å². The Hall–Kier alpha value is -2.40. The lowest BCUT2D eigenvalue weighted by Crippen LogP contribution is -2.22. The molecule has 2 aliphatic rings. The van der Waals surface area contributed by atoms with Crippen LogP contribution in [0.4, 0.5) is 9.18 Å². The molecule has 136 valence electrons. The number of halogens is 1. The average Bonchev–Trinajstić information content (AvgIpc) is 3.32. The zero-order valence-electron chi connectivity index (χ0n) is 14.7. The molecule has 1 unspecified atom stereocenters. The Morgan fingerprint density at radius 3 is 2.46 bits per heavy atom. The number of alkyl carbamates (subject to hydrolysis) is 1. The van der Waals surface area contributed by atoms with Gasteiger partial charge < -0.3 is 15.0 Å². The predicted molar refractivity (Wildman–Crippen MR) is 98.4 cm³/mol. The lowest BCUT2D eigenvalue weighted by atomic mass is 9.99. The average molecular weight is 354 g/mol. The molecule has 0 bridgehead atoms. The topological polar surface area (TPSA) is 41.6 Å². The Bertz CT molecular complexity index is 785. The second-order valence-electron chi connectivity index (χ2n) is 7.02. The molecule has 5 heteroatoms. The van der Waals surface area contributed by atoms with E-state index in [9.17, 15) is 9.18 Å². The summed E-state index contributed by atoms with van der Waals surface area (Å²) in [6, 6.07) is 13.2. The SMILES string of the molecule is O=C1NC(c2ccc(-c3ccc(CCN4CCCC4)c(F)c3)cc2)CO1. The number of ether oxygens (including phenoxy) is 1. The van der Waals surface area contributed by atoms with Crippen LogP contribution in [0, 0.1) is 5.82 Å². The molecule has 0 radical (unpaired) electrons. The lowest BCUT2D eigenvalue weighted by Gasteiger charge is -2.15. The van der Waals surface area contributed by atoms with Gasteiger partial charge in [-0.15, -0.1) is 0 Å². The van der Waals surface area contributed by atoms with E-state index in [-0.39, 0.29) is 18.0 Å². The van der Waals surface area contributed by atoms with Crippen LogP contribution < -0.4 is 5.32 Å². The first-order valence-corrected chi connectivity index (χ1v) is 9.23. The first-order valence-electron chi connectivity index (χ1n) is 9.23. The number of carbonyl (C=O) groups excluding carboxylic acids is 1. The molecule has 4 rings (SSSR count). The van der Waals surface area contributed by atoms with Gasteiger partial charge in [-0.3, -0.25) is 0 Å². The van der Waals surface area contributed by atoms with Gasteiger partial charge in [-0.1, -0.05) is 36.4 Å². The zero-order chi connectivity index (χ0) is 17.9. The third kappa shape index (κ3) is 3.73. The van der Waals surface area contributed by atoms with Crippen LogP contribution in [0.3, 0.4) is 0 Å². The normalized spacial score (nSPS) is 20.2. The zero-order valence-corrected chi connectivity index (χ0v) is 14.7. The van der Waals surface area contributed by atoms with Crippen molar-refractivity contribution in [2.75, 3.05) is 26.2 Å². The molecule has 2 heterocycles. The maximum absolute atomic E-state index is 14.5. The number of nitrogens with one attached hydrogen (secondary N) is 1. The molecule has 2 saturated heterocycles. The lowest BCUT2D eigenvalue weighted by molar-refractivity contribution is 0.177. The fourth-order valence-corrected chi connectivity index (χ4v) is 3.69. The maximum atomic E-state index is 14.5. The third-order valence-electron chi connectivity index (χ3n) is 5.27. The highest BCUT2D eigenvalue weighted by atomic mass is 19.1. The summed E-state index contributed by atoms with van der Waals surface area (Å²) in [5.41, 5.74) is 3.60. The summed E-state index contributed by atoms with van der Waals surface area (Å²) in [7, 11) is 0. The molecule has 0 aromatic heterocycles. The van der Waals surface area contributed by atoms with E-state index in [4.69, 9.17) is 4.74 Å². The van der Waals surface area contributed by atoms with Gasteiger partial charge in [0, 0.05) is 6.54 Å². The van der Waals surface area contributed by atoms with Crippen molar-refractivity contribution in [2.45, 2.75) is 25.3 Å². The molecule has 1 amide bonds. The highest BCUT2D eigenvalue weighted by Crippen LogP contribution is 2.25. The molecule has 2 fully saturated rings. The van der Waals surface area contributed by atoms with E-state index in [0.717, 1.165) is 48.3 Å². The van der Waals surface area contributed by atoms with E-state index < -0.39 is 0 Å². The van der Waals surface area contributed by atoms with Gasteiger partial charge in [-0.05, 0) is 60.7 Å². The van der Waals surface area contributed by atoms with Gasteiger partial charge in [0.2, 0.25) is 0 Å². The van der Waals surface area contributed by atoms with Crippen LogP contribution in [0.2, 0.25) is 0 Å². The van der Waals surface area contributed by atoms with Crippen molar-refractivity contribution < 1.29 is 13.9 Å². The van der Waals surface area contributed by atoms with E-state index in [1.54, 1.807) is 6.07 Å². The Labute approximate surface area is 153 Å². The second kappa shape index (κ2) is 7.46. The monoisotopic (exact) mass is 354 g/mol. The number of cyclic esters (lactones) is 1. The molecule has 2 aromatic carbocycles. The van der Waals surface area contributed by atoms with Crippen LogP contribution in [0.1, 0.15) is 30.0 Å². The van der Waals surface area contributed by atoms with Crippen molar-refractivity contribution in [1.82, 2.24) is 10.2 Å². The fourth-order valence-electron chi connectivity index (χ4n) is 3.69. The summed E-state index contributed by atoms with van der Waals surface area (Å²) in [6.07, 6.45) is 2.89. The van der Waals surface area contributed by atoms with Crippen LogP contribution in [-0.4, -0.2) is 37.2 Å². The molecule has 1 N–H and O–H groups in total. The van der Waals surface area contributed by atoms with Crippen LogP contribution in [-0.2, 0) is 11.2 Å². The van der Waals surface area contributed by atoms with Crippen LogP contribution >= 0.6 is 0 Å². The van der Waals surface area contributed by atoms with E-state index in [2.05, 4.69) is 10.2 Å². The number of hydrogen-bond donors (Lipinski definition) is 1. The number of nitrogens with zero attached hydrogens (tertiary/aromatic N) is 1. The van der Waals surface area contributed by atoms with Crippen LogP contribution in [0.15, 0.2) is 42.5 Å². The molecule has 0 aliphatic carbocycles. The number of benzene rings is 2. The summed E-state index contributed by atoms with van der Waals surface area (Å²) in [6.45, 7) is 3.55. The number of carbonyl (C=O) groups is 1. The van der Waals surface area contributed by atoms with Gasteiger partial charge in [0.15, 0.2) is 0 Å². The molecule has 4 nitrogen and oxygen atoms in total. The minimum Gasteiger partial charge on any atom is -0.447 e. The largest absolute Gasteiger partial charge is 0.447 e. The summed E-state index contributed by atoms with van der Waals surface area (Å²) < 4.78 is 19.4. The molecule has 0 saturated carbocycles. The third-order valence-corrected chi connectivity index (χ3v) is 5.27. The van der Waals surface area contributed by atoms with Gasteiger partial charge in [0.1, 0.15) is 12.4 Å². The highest BCUT2D eigenvalue weighted by Gasteiger charge is 2.23. The molecule has 0 spiro atoms. The van der Waals surface area contributed by atoms with Crippen molar-refractivity contribution >= 4 is 6.09 Å².